The van der Waals surface area contributed by atoms with E-state index in [4.69, 9.17) is 15.0 Å². The predicted molar refractivity (Wildman–Crippen MR) is 200 cm³/mol. The minimum atomic E-state index is 0.645. The summed E-state index contributed by atoms with van der Waals surface area (Å²) < 4.78 is 0. The Morgan fingerprint density at radius 3 is 1.12 bits per heavy atom. The number of nitrogens with zero attached hydrogens (tertiary/aromatic N) is 3. The van der Waals surface area contributed by atoms with Gasteiger partial charge in [0.1, 0.15) is 0 Å². The van der Waals surface area contributed by atoms with Crippen LogP contribution < -0.4 is 0 Å². The summed E-state index contributed by atoms with van der Waals surface area (Å²) in [6.07, 6.45) is 0. The molecule has 9 rings (SSSR count). The highest BCUT2D eigenvalue weighted by molar-refractivity contribution is 6.25. The second-order valence-electron chi connectivity index (χ2n) is 12.0. The molecule has 0 N–H and O–H groups in total. The highest BCUT2D eigenvalue weighted by Crippen LogP contribution is 2.37. The average molecular weight is 612 g/mol. The first kappa shape index (κ1) is 27.8. The van der Waals surface area contributed by atoms with E-state index in [0.29, 0.717) is 17.5 Å². The molecule has 0 saturated heterocycles. The van der Waals surface area contributed by atoms with Crippen molar-refractivity contribution in [2.75, 3.05) is 0 Å². The molecule has 0 saturated carbocycles. The van der Waals surface area contributed by atoms with E-state index >= 15 is 0 Å². The summed E-state index contributed by atoms with van der Waals surface area (Å²) >= 11 is 0. The Hall–Kier alpha value is -6.45. The van der Waals surface area contributed by atoms with E-state index in [1.165, 1.54) is 49.0 Å². The summed E-state index contributed by atoms with van der Waals surface area (Å²) in [6.45, 7) is 0. The second-order valence-corrected chi connectivity index (χ2v) is 12.0. The van der Waals surface area contributed by atoms with Crippen molar-refractivity contribution in [3.05, 3.63) is 176 Å². The highest BCUT2D eigenvalue weighted by Gasteiger charge is 2.15. The zero-order chi connectivity index (χ0) is 31.9. The van der Waals surface area contributed by atoms with Gasteiger partial charge in [-0.05, 0) is 66.7 Å². The molecule has 0 bridgehead atoms. The molecular formula is C45H29N3. The van der Waals surface area contributed by atoms with Crippen molar-refractivity contribution in [3.63, 3.8) is 0 Å². The van der Waals surface area contributed by atoms with E-state index in [1.54, 1.807) is 0 Å². The van der Waals surface area contributed by atoms with E-state index < -0.39 is 0 Å². The van der Waals surface area contributed by atoms with E-state index in [-0.39, 0.29) is 0 Å². The third-order valence-corrected chi connectivity index (χ3v) is 9.12. The zero-order valence-corrected chi connectivity index (χ0v) is 26.1. The molecule has 0 aliphatic carbocycles. The van der Waals surface area contributed by atoms with E-state index in [2.05, 4.69) is 140 Å². The van der Waals surface area contributed by atoms with Gasteiger partial charge in [0, 0.05) is 16.7 Å². The Bertz CT molecular complexity index is 2560. The van der Waals surface area contributed by atoms with Crippen molar-refractivity contribution in [2.24, 2.45) is 0 Å². The van der Waals surface area contributed by atoms with E-state index in [1.807, 2.05) is 36.4 Å². The minimum Gasteiger partial charge on any atom is -0.208 e. The Labute approximate surface area is 278 Å². The van der Waals surface area contributed by atoms with Gasteiger partial charge in [-0.25, -0.2) is 15.0 Å². The maximum atomic E-state index is 5.08. The number of rotatable bonds is 5. The number of fused-ring (bicyclic) bond motifs is 6. The minimum absolute atomic E-state index is 0.645. The summed E-state index contributed by atoms with van der Waals surface area (Å²) in [5, 5.41) is 7.38. The molecule has 3 heteroatoms. The molecule has 0 spiro atoms. The van der Waals surface area contributed by atoms with Gasteiger partial charge in [-0.1, -0.05) is 164 Å². The molecule has 0 atom stereocenters. The van der Waals surface area contributed by atoms with Crippen LogP contribution in [0.25, 0.3) is 88.7 Å². The van der Waals surface area contributed by atoms with Crippen LogP contribution in [-0.2, 0) is 0 Å². The number of hydrogen-bond donors (Lipinski definition) is 0. The van der Waals surface area contributed by atoms with Crippen molar-refractivity contribution in [2.45, 2.75) is 0 Å². The maximum Gasteiger partial charge on any atom is 0.164 e. The lowest BCUT2D eigenvalue weighted by molar-refractivity contribution is 1.07. The molecule has 0 unspecified atom stereocenters. The van der Waals surface area contributed by atoms with Crippen molar-refractivity contribution in [1.82, 2.24) is 15.0 Å². The van der Waals surface area contributed by atoms with Crippen LogP contribution in [0.4, 0.5) is 0 Å². The lowest BCUT2D eigenvalue weighted by atomic mass is 9.93. The van der Waals surface area contributed by atoms with Crippen molar-refractivity contribution < 1.29 is 0 Å². The quantitative estimate of drug-likeness (QED) is 0.182. The number of hydrogen-bond acceptors (Lipinski definition) is 3. The van der Waals surface area contributed by atoms with Gasteiger partial charge in [-0.15, -0.1) is 0 Å². The van der Waals surface area contributed by atoms with Gasteiger partial charge in [0.15, 0.2) is 17.5 Å². The Kier molecular flexibility index (Phi) is 6.80. The van der Waals surface area contributed by atoms with Gasteiger partial charge in [-0.2, -0.15) is 0 Å². The van der Waals surface area contributed by atoms with Crippen LogP contribution >= 0.6 is 0 Å². The molecule has 1 heterocycles. The molecule has 0 amide bonds. The molecule has 0 aliphatic heterocycles. The van der Waals surface area contributed by atoms with Gasteiger partial charge in [0.2, 0.25) is 0 Å². The van der Waals surface area contributed by atoms with Gasteiger partial charge in [-0.3, -0.25) is 0 Å². The highest BCUT2D eigenvalue weighted by atomic mass is 15.0. The smallest absolute Gasteiger partial charge is 0.164 e. The fraction of sp³-hybridized carbons (Fsp3) is 0. The molecule has 0 radical (unpaired) electrons. The molecular weight excluding hydrogens is 583 g/mol. The van der Waals surface area contributed by atoms with Gasteiger partial charge in [0.25, 0.3) is 0 Å². The summed E-state index contributed by atoms with van der Waals surface area (Å²) in [5.74, 6) is 1.95. The molecule has 9 aromatic rings. The monoisotopic (exact) mass is 611 g/mol. The summed E-state index contributed by atoms with van der Waals surface area (Å²) in [4.78, 5) is 15.1. The first-order chi connectivity index (χ1) is 23.8. The lowest BCUT2D eigenvalue weighted by Gasteiger charge is -2.13. The molecule has 3 nitrogen and oxygen atoms in total. The van der Waals surface area contributed by atoms with Crippen LogP contribution in [0, 0.1) is 0 Å². The first-order valence-corrected chi connectivity index (χ1v) is 16.2. The van der Waals surface area contributed by atoms with Crippen molar-refractivity contribution >= 4 is 32.3 Å². The zero-order valence-electron chi connectivity index (χ0n) is 26.1. The topological polar surface area (TPSA) is 38.7 Å². The molecule has 0 aliphatic rings. The fourth-order valence-corrected chi connectivity index (χ4v) is 6.72. The normalized spacial score (nSPS) is 11.3. The van der Waals surface area contributed by atoms with Crippen LogP contribution in [0.1, 0.15) is 0 Å². The largest absolute Gasteiger partial charge is 0.208 e. The third-order valence-electron chi connectivity index (χ3n) is 9.12. The summed E-state index contributed by atoms with van der Waals surface area (Å²) in [5.41, 5.74) is 7.56. The van der Waals surface area contributed by atoms with E-state index in [9.17, 15) is 0 Å². The molecule has 48 heavy (non-hydrogen) atoms. The second kappa shape index (κ2) is 11.7. The maximum absolute atomic E-state index is 5.08. The summed E-state index contributed by atoms with van der Waals surface area (Å²) in [6, 6.07) is 61.7. The summed E-state index contributed by atoms with van der Waals surface area (Å²) in [7, 11) is 0. The molecule has 224 valence electrons. The number of aromatic nitrogens is 3. The van der Waals surface area contributed by atoms with Gasteiger partial charge < -0.3 is 0 Å². The van der Waals surface area contributed by atoms with Crippen molar-refractivity contribution in [3.8, 4) is 56.4 Å². The Morgan fingerprint density at radius 1 is 0.208 bits per heavy atom. The van der Waals surface area contributed by atoms with Gasteiger partial charge >= 0.3 is 0 Å². The van der Waals surface area contributed by atoms with Crippen LogP contribution in [0.2, 0.25) is 0 Å². The SMILES string of the molecule is c1ccc(-c2cccc(-c3ccc(-c4nc(-c5ccccc5)nc(-c5ccc6c7ccccc7c7ccccc7c6c5)n4)cc3)c2)cc1. The number of benzene rings is 8. The van der Waals surface area contributed by atoms with Crippen LogP contribution in [-0.4, -0.2) is 15.0 Å². The molecule has 0 fully saturated rings. The van der Waals surface area contributed by atoms with Crippen LogP contribution in [0.15, 0.2) is 176 Å². The lowest BCUT2D eigenvalue weighted by Crippen LogP contribution is -2.00. The third kappa shape index (κ3) is 4.99. The Morgan fingerprint density at radius 2 is 0.562 bits per heavy atom. The fourth-order valence-electron chi connectivity index (χ4n) is 6.72. The van der Waals surface area contributed by atoms with Crippen LogP contribution in [0.3, 0.4) is 0 Å². The van der Waals surface area contributed by atoms with Gasteiger partial charge in [0.05, 0.1) is 0 Å². The van der Waals surface area contributed by atoms with Crippen molar-refractivity contribution in [1.29, 1.82) is 0 Å². The predicted octanol–water partition coefficient (Wildman–Crippen LogP) is 11.7. The molecule has 1 aromatic heterocycles. The average Bonchev–Trinajstić information content (AvgIpc) is 3.18. The van der Waals surface area contributed by atoms with Crippen LogP contribution in [0.5, 0.6) is 0 Å². The molecule has 8 aromatic carbocycles. The Balaban J connectivity index is 1.17. The van der Waals surface area contributed by atoms with E-state index in [0.717, 1.165) is 22.3 Å². The first-order valence-electron chi connectivity index (χ1n) is 16.2. The standard InChI is InChI=1S/C45H29N3/c1-3-12-30(13-4-1)34-16-11-17-35(28-34)31-22-24-33(25-23-31)44-46-43(32-14-5-2-6-15-32)47-45(48-44)36-26-27-41-39-20-8-7-18-37(39)38-19-9-10-21-40(38)42(41)29-36/h1-29H.